The number of benzene rings is 3. The smallest absolute Gasteiger partial charge is 0.411 e. The molecule has 49 heavy (non-hydrogen) atoms. The second kappa shape index (κ2) is 15.0. The van der Waals surface area contributed by atoms with Gasteiger partial charge in [-0.2, -0.15) is 0 Å². The first kappa shape index (κ1) is 35.3. The average molecular weight is 690 g/mol. The fourth-order valence-corrected chi connectivity index (χ4v) is 7.22. The van der Waals surface area contributed by atoms with Gasteiger partial charge in [0.05, 0.1) is 36.5 Å². The number of likely N-dealkylation sites (tertiary alicyclic amines) is 1. The number of hydrogen-bond acceptors (Lipinski definition) is 10. The molecule has 1 aromatic heterocycles. The van der Waals surface area contributed by atoms with Gasteiger partial charge in [-0.25, -0.2) is 18.2 Å². The van der Waals surface area contributed by atoms with Crippen molar-refractivity contribution in [2.24, 2.45) is 0 Å². The number of carbonyl (C=O) groups excluding carboxylic acids is 2. The number of anilines is 3. The average Bonchev–Trinajstić information content (AvgIpc) is 3.58. The van der Waals surface area contributed by atoms with E-state index in [4.69, 9.17) is 19.9 Å². The Morgan fingerprint density at radius 3 is 2.51 bits per heavy atom. The molecule has 2 atom stereocenters. The molecule has 0 aliphatic carbocycles. The Morgan fingerprint density at radius 1 is 1.02 bits per heavy atom. The maximum atomic E-state index is 14.8. The van der Waals surface area contributed by atoms with Crippen molar-refractivity contribution in [1.29, 1.82) is 0 Å². The van der Waals surface area contributed by atoms with Gasteiger partial charge in [0.25, 0.3) is 0 Å². The summed E-state index contributed by atoms with van der Waals surface area (Å²) in [6.07, 6.45) is 2.02. The molecule has 2 amide bonds. The number of methoxy groups -OCH3 is 1. The number of nitrogens with one attached hydrogen (secondary N) is 2. The van der Waals surface area contributed by atoms with E-state index in [0.717, 1.165) is 10.8 Å². The van der Waals surface area contributed by atoms with Gasteiger partial charge in [-0.3, -0.25) is 10.1 Å². The number of nitrogens with two attached hydrogens (primary N) is 1. The summed E-state index contributed by atoms with van der Waals surface area (Å²) in [5.74, 6) is 1.08. The topological polar surface area (TPSA) is 162 Å². The summed E-state index contributed by atoms with van der Waals surface area (Å²) in [5.41, 5.74) is 8.20. The van der Waals surface area contributed by atoms with Crippen molar-refractivity contribution in [3.8, 4) is 11.5 Å². The number of sulfone groups is 1. The predicted molar refractivity (Wildman–Crippen MR) is 190 cm³/mol. The van der Waals surface area contributed by atoms with E-state index >= 15 is 0 Å². The highest BCUT2D eigenvalue weighted by atomic mass is 32.2. The van der Waals surface area contributed by atoms with E-state index in [9.17, 15) is 18.0 Å². The lowest BCUT2D eigenvalue weighted by Gasteiger charge is -2.31. The number of fused-ring (bicyclic) bond motifs is 1. The first-order valence-corrected chi connectivity index (χ1v) is 18.0. The van der Waals surface area contributed by atoms with E-state index in [1.54, 1.807) is 36.2 Å². The molecule has 13 heteroatoms. The van der Waals surface area contributed by atoms with Crippen molar-refractivity contribution in [3.63, 3.8) is 0 Å². The lowest BCUT2D eigenvalue weighted by Crippen LogP contribution is -2.38. The molecule has 0 bridgehead atoms. The lowest BCUT2D eigenvalue weighted by atomic mass is 10.00. The van der Waals surface area contributed by atoms with Gasteiger partial charge in [-0.05, 0) is 105 Å². The molecule has 4 N–H and O–H groups in total. The first-order chi connectivity index (χ1) is 23.4. The molecular formula is C36H43N5O7S. The van der Waals surface area contributed by atoms with Crippen LogP contribution in [0.2, 0.25) is 0 Å². The molecule has 1 fully saturated rings. The molecule has 2 heterocycles. The Bertz CT molecular complexity index is 1950. The maximum Gasteiger partial charge on any atom is 0.411 e. The molecular weight excluding hydrogens is 646 g/mol. The molecule has 0 radical (unpaired) electrons. The van der Waals surface area contributed by atoms with Crippen LogP contribution in [0.3, 0.4) is 0 Å². The maximum absolute atomic E-state index is 14.8. The van der Waals surface area contributed by atoms with Crippen LogP contribution in [0, 0.1) is 0 Å². The molecule has 3 aromatic carbocycles. The number of nitrogens with zero attached hydrogens (tertiary/aromatic N) is 2. The molecule has 0 unspecified atom stereocenters. The molecule has 0 saturated carbocycles. The third-order valence-corrected chi connectivity index (χ3v) is 10.2. The molecule has 12 nitrogen and oxygen atoms in total. The van der Waals surface area contributed by atoms with Gasteiger partial charge in [0, 0.05) is 29.5 Å². The second-order valence-corrected chi connectivity index (χ2v) is 14.2. The fraction of sp³-hybridized carbons (Fsp3) is 0.361. The Kier molecular flexibility index (Phi) is 10.8. The molecule has 1 aliphatic rings. The minimum Gasteiger partial charge on any atom is -0.490 e. The van der Waals surface area contributed by atoms with Crippen molar-refractivity contribution >= 4 is 49.8 Å². The van der Waals surface area contributed by atoms with Crippen molar-refractivity contribution in [2.45, 2.75) is 63.6 Å². The van der Waals surface area contributed by atoms with Crippen LogP contribution in [0.5, 0.6) is 11.5 Å². The van der Waals surface area contributed by atoms with Gasteiger partial charge in [0.15, 0.2) is 21.3 Å². The summed E-state index contributed by atoms with van der Waals surface area (Å²) in [7, 11) is -2.44. The van der Waals surface area contributed by atoms with E-state index in [1.807, 2.05) is 51.1 Å². The zero-order valence-corrected chi connectivity index (χ0v) is 29.2. The third-order valence-electron chi connectivity index (χ3n) is 8.37. The number of amides is 2. The number of rotatable bonds is 12. The van der Waals surface area contributed by atoms with E-state index in [1.165, 1.54) is 19.2 Å². The van der Waals surface area contributed by atoms with Crippen LogP contribution in [0.4, 0.5) is 22.0 Å². The van der Waals surface area contributed by atoms with Crippen LogP contribution in [-0.2, 0) is 19.4 Å². The highest BCUT2D eigenvalue weighted by molar-refractivity contribution is 7.91. The molecule has 1 aliphatic heterocycles. The van der Waals surface area contributed by atoms with Gasteiger partial charge >= 0.3 is 6.09 Å². The predicted octanol–water partition coefficient (Wildman–Crippen LogP) is 6.49. The largest absolute Gasteiger partial charge is 0.490 e. The summed E-state index contributed by atoms with van der Waals surface area (Å²) in [5, 5.41) is 7.70. The number of nitrogen functional groups attached to an aromatic ring is 1. The molecule has 4 aromatic rings. The van der Waals surface area contributed by atoms with Gasteiger partial charge in [0.1, 0.15) is 11.9 Å². The molecule has 5 rings (SSSR count). The highest BCUT2D eigenvalue weighted by Gasteiger charge is 2.38. The highest BCUT2D eigenvalue weighted by Crippen LogP contribution is 2.41. The number of ether oxygens (including phenoxy) is 3. The standard InChI is InChI=1S/C36H43N5O7S/c1-6-47-31-20-24(10-14-30(31)48-22(3)4)33(39-25-11-13-27-23(19-25)16-17-38-34(27)37)35(42)41-18-8-9-29(41)28-21-26(40-36(43)46-5)12-15-32(28)49(44,45)7-2/h10-17,19-22,29,33,39H,6-9,18H2,1-5H3,(H2,37,38)(H,40,43)/t29-,33+/m0/s1. The van der Waals surface area contributed by atoms with E-state index in [2.05, 4.69) is 15.6 Å². The molecule has 0 spiro atoms. The van der Waals surface area contributed by atoms with E-state index in [-0.39, 0.29) is 22.7 Å². The minimum absolute atomic E-state index is 0.0940. The van der Waals surface area contributed by atoms with E-state index < -0.39 is 28.0 Å². The van der Waals surface area contributed by atoms with Crippen LogP contribution >= 0.6 is 0 Å². The van der Waals surface area contributed by atoms with Crippen LogP contribution in [-0.4, -0.2) is 62.4 Å². The summed E-state index contributed by atoms with van der Waals surface area (Å²) >= 11 is 0. The number of hydrogen-bond donors (Lipinski definition) is 3. The zero-order valence-electron chi connectivity index (χ0n) is 28.4. The lowest BCUT2D eigenvalue weighted by molar-refractivity contribution is -0.133. The van der Waals surface area contributed by atoms with Crippen molar-refractivity contribution in [2.75, 3.05) is 42.4 Å². The number of pyridine rings is 1. The number of aromatic nitrogens is 1. The van der Waals surface area contributed by atoms with Crippen molar-refractivity contribution in [3.05, 3.63) is 78.0 Å². The van der Waals surface area contributed by atoms with Crippen LogP contribution in [0.15, 0.2) is 71.8 Å². The quantitative estimate of drug-likeness (QED) is 0.150. The summed E-state index contributed by atoms with van der Waals surface area (Å²) in [4.78, 5) is 32.9. The van der Waals surface area contributed by atoms with Crippen molar-refractivity contribution in [1.82, 2.24) is 9.88 Å². The van der Waals surface area contributed by atoms with Crippen LogP contribution < -0.4 is 25.8 Å². The third kappa shape index (κ3) is 7.83. The first-order valence-electron chi connectivity index (χ1n) is 16.3. The van der Waals surface area contributed by atoms with Gasteiger partial charge < -0.3 is 30.2 Å². The van der Waals surface area contributed by atoms with E-state index in [0.29, 0.717) is 65.8 Å². The Hall–Kier alpha value is -5.04. The Morgan fingerprint density at radius 2 is 1.80 bits per heavy atom. The Labute approximate surface area is 286 Å². The molecule has 260 valence electrons. The SMILES string of the molecule is CCOc1cc([C@@H](Nc2ccc3c(N)nccc3c2)C(=O)N2CCC[C@H]2c2cc(NC(=O)OC)ccc2S(=O)(=O)CC)ccc1OC(C)C. The second-order valence-electron chi connectivity index (χ2n) is 12.0. The number of carbonyl (C=O) groups is 2. The summed E-state index contributed by atoms with van der Waals surface area (Å²) < 4.78 is 43.3. The Balaban J connectivity index is 1.60. The summed E-state index contributed by atoms with van der Waals surface area (Å²) in [6.45, 7) is 8.10. The van der Waals surface area contributed by atoms with Gasteiger partial charge in [0.2, 0.25) is 5.91 Å². The van der Waals surface area contributed by atoms with Gasteiger partial charge in [-0.15, -0.1) is 0 Å². The molecule has 1 saturated heterocycles. The van der Waals surface area contributed by atoms with Gasteiger partial charge in [-0.1, -0.05) is 13.0 Å². The monoisotopic (exact) mass is 689 g/mol. The minimum atomic E-state index is -3.68. The normalized spacial score (nSPS) is 15.2. The van der Waals surface area contributed by atoms with Crippen LogP contribution in [0.1, 0.15) is 63.7 Å². The zero-order chi connectivity index (χ0) is 35.3. The fourth-order valence-electron chi connectivity index (χ4n) is 6.08. The summed E-state index contributed by atoms with van der Waals surface area (Å²) in [6, 6.07) is 16.0. The van der Waals surface area contributed by atoms with Crippen molar-refractivity contribution < 1.29 is 32.2 Å². The van der Waals surface area contributed by atoms with Crippen LogP contribution in [0.25, 0.3) is 10.8 Å².